The Kier molecular flexibility index (Phi) is 2.84. The summed E-state index contributed by atoms with van der Waals surface area (Å²) in [5.41, 5.74) is -0.488. The monoisotopic (exact) mass is 197 g/mol. The Morgan fingerprint density at radius 2 is 2.14 bits per heavy atom. The Hall–Kier alpha value is -1.45. The fourth-order valence-corrected chi connectivity index (χ4v) is 0.881. The first-order chi connectivity index (χ1) is 6.40. The van der Waals surface area contributed by atoms with E-state index in [1.54, 1.807) is 19.2 Å². The van der Waals surface area contributed by atoms with Crippen molar-refractivity contribution < 1.29 is 13.9 Å². The van der Waals surface area contributed by atoms with Gasteiger partial charge >= 0.3 is 6.09 Å². The first kappa shape index (κ1) is 10.6. The molecule has 0 fully saturated rings. The topological polar surface area (TPSA) is 42.7 Å². The van der Waals surface area contributed by atoms with E-state index in [0.717, 1.165) is 0 Å². The van der Waals surface area contributed by atoms with Crippen molar-refractivity contribution in [2.75, 3.05) is 11.9 Å². The Labute approximate surface area is 83.5 Å². The summed E-state index contributed by atoms with van der Waals surface area (Å²) in [5, 5.41) is 0. The highest BCUT2D eigenvalue weighted by Gasteiger charge is 2.21. The third-order valence-corrected chi connectivity index (χ3v) is 1.50. The molecule has 0 bridgehead atoms. The highest BCUT2D eigenvalue weighted by molar-refractivity contribution is 5.85. The largest absolute Gasteiger partial charge is 0.448 e. The number of hydrogen-bond acceptors (Lipinski definition) is 3. The van der Waals surface area contributed by atoms with Gasteiger partial charge in [0.1, 0.15) is 5.60 Å². The van der Waals surface area contributed by atoms with E-state index >= 15 is 0 Å². The van der Waals surface area contributed by atoms with Gasteiger partial charge in [-0.3, -0.25) is 4.90 Å². The molecule has 0 radical (unpaired) electrons. The zero-order chi connectivity index (χ0) is 10.8. The van der Waals surface area contributed by atoms with Crippen LogP contribution in [0.2, 0.25) is 0 Å². The molecule has 0 aliphatic carbocycles. The van der Waals surface area contributed by atoms with Gasteiger partial charge in [0.15, 0.2) is 0 Å². The molecule has 1 amide bonds. The molecule has 0 aromatic carbocycles. The minimum atomic E-state index is -0.488. The lowest BCUT2D eigenvalue weighted by atomic mass is 10.2. The smallest absolute Gasteiger partial charge is 0.416 e. The van der Waals surface area contributed by atoms with Crippen LogP contribution < -0.4 is 4.90 Å². The molecule has 14 heavy (non-hydrogen) atoms. The van der Waals surface area contributed by atoms with E-state index in [-0.39, 0.29) is 0 Å². The van der Waals surface area contributed by atoms with Crippen LogP contribution in [0.3, 0.4) is 0 Å². The number of hydrogen-bond donors (Lipinski definition) is 0. The molecule has 0 atom stereocenters. The van der Waals surface area contributed by atoms with Crippen molar-refractivity contribution in [2.45, 2.75) is 26.4 Å². The minimum absolute atomic E-state index is 0.424. The molecule has 78 valence electrons. The number of nitrogens with zero attached hydrogens (tertiary/aromatic N) is 1. The number of rotatable bonds is 1. The van der Waals surface area contributed by atoms with E-state index in [2.05, 4.69) is 0 Å². The van der Waals surface area contributed by atoms with Gasteiger partial charge in [0.05, 0.1) is 6.26 Å². The summed E-state index contributed by atoms with van der Waals surface area (Å²) < 4.78 is 10.2. The lowest BCUT2D eigenvalue weighted by Gasteiger charge is -2.23. The molecule has 1 heterocycles. The van der Waals surface area contributed by atoms with Crippen LogP contribution in [0.1, 0.15) is 20.8 Å². The number of ether oxygens (including phenoxy) is 1. The number of carbonyl (C=O) groups is 1. The van der Waals surface area contributed by atoms with Crippen LogP contribution in [-0.4, -0.2) is 18.7 Å². The minimum Gasteiger partial charge on any atom is -0.448 e. The highest BCUT2D eigenvalue weighted by Crippen LogP contribution is 2.16. The van der Waals surface area contributed by atoms with Crippen molar-refractivity contribution in [1.82, 2.24) is 0 Å². The van der Waals surface area contributed by atoms with Crippen LogP contribution in [0, 0.1) is 0 Å². The second kappa shape index (κ2) is 3.74. The fourth-order valence-electron chi connectivity index (χ4n) is 0.881. The zero-order valence-corrected chi connectivity index (χ0v) is 8.90. The summed E-state index contributed by atoms with van der Waals surface area (Å²) >= 11 is 0. The number of carbonyl (C=O) groups excluding carboxylic acids is 1. The van der Waals surface area contributed by atoms with Crippen molar-refractivity contribution in [2.24, 2.45) is 0 Å². The van der Waals surface area contributed by atoms with Crippen molar-refractivity contribution in [1.29, 1.82) is 0 Å². The Morgan fingerprint density at radius 1 is 1.50 bits per heavy atom. The van der Waals surface area contributed by atoms with E-state index in [1.807, 2.05) is 20.8 Å². The van der Waals surface area contributed by atoms with Crippen molar-refractivity contribution in [3.05, 3.63) is 18.4 Å². The summed E-state index contributed by atoms with van der Waals surface area (Å²) in [6, 6.07) is 3.42. The molecule has 1 rings (SSSR count). The summed E-state index contributed by atoms with van der Waals surface area (Å²) in [5.74, 6) is 0.472. The predicted octanol–water partition coefficient (Wildman–Crippen LogP) is 2.65. The summed E-state index contributed by atoms with van der Waals surface area (Å²) in [6.45, 7) is 5.46. The summed E-state index contributed by atoms with van der Waals surface area (Å²) in [7, 11) is 1.60. The zero-order valence-electron chi connectivity index (χ0n) is 8.90. The maximum atomic E-state index is 11.5. The van der Waals surface area contributed by atoms with Crippen molar-refractivity contribution in [3.8, 4) is 0 Å². The van der Waals surface area contributed by atoms with Gasteiger partial charge in [-0.25, -0.2) is 4.79 Å². The van der Waals surface area contributed by atoms with Gasteiger partial charge in [0, 0.05) is 13.1 Å². The quantitative estimate of drug-likeness (QED) is 0.695. The maximum Gasteiger partial charge on any atom is 0.416 e. The van der Waals surface area contributed by atoms with Crippen LogP contribution in [0.5, 0.6) is 0 Å². The second-order valence-electron chi connectivity index (χ2n) is 3.99. The highest BCUT2D eigenvalue weighted by atomic mass is 16.6. The summed E-state index contributed by atoms with van der Waals surface area (Å²) in [6.07, 6.45) is 1.09. The van der Waals surface area contributed by atoms with Gasteiger partial charge < -0.3 is 9.15 Å². The van der Waals surface area contributed by atoms with Crippen LogP contribution in [0.15, 0.2) is 22.8 Å². The third-order valence-electron chi connectivity index (χ3n) is 1.50. The molecule has 0 saturated heterocycles. The lowest BCUT2D eigenvalue weighted by molar-refractivity contribution is 0.0584. The van der Waals surface area contributed by atoms with Gasteiger partial charge in [-0.05, 0) is 26.8 Å². The van der Waals surface area contributed by atoms with Gasteiger partial charge in [0.25, 0.3) is 0 Å². The number of anilines is 1. The first-order valence-corrected chi connectivity index (χ1v) is 4.40. The molecule has 1 aromatic heterocycles. The van der Waals surface area contributed by atoms with Gasteiger partial charge in [-0.1, -0.05) is 0 Å². The van der Waals surface area contributed by atoms with Crippen LogP contribution in [0.4, 0.5) is 10.7 Å². The number of amides is 1. The van der Waals surface area contributed by atoms with Gasteiger partial charge in [-0.2, -0.15) is 0 Å². The van der Waals surface area contributed by atoms with Crippen molar-refractivity contribution >= 4 is 12.0 Å². The van der Waals surface area contributed by atoms with E-state index in [9.17, 15) is 4.79 Å². The molecule has 1 aromatic rings. The predicted molar refractivity (Wildman–Crippen MR) is 53.3 cm³/mol. The standard InChI is InChI=1S/C10H15NO3/c1-10(2,3)14-9(12)11(4)8-6-5-7-13-8/h5-7H,1-4H3. The SMILES string of the molecule is CN(C(=O)OC(C)(C)C)c1ccco1. The van der Waals surface area contributed by atoms with E-state index < -0.39 is 11.7 Å². The fraction of sp³-hybridized carbons (Fsp3) is 0.500. The van der Waals surface area contributed by atoms with E-state index in [0.29, 0.717) is 5.88 Å². The van der Waals surface area contributed by atoms with Gasteiger partial charge in [-0.15, -0.1) is 0 Å². The second-order valence-corrected chi connectivity index (χ2v) is 3.99. The van der Waals surface area contributed by atoms with Crippen LogP contribution in [-0.2, 0) is 4.74 Å². The average Bonchev–Trinajstić information content (AvgIpc) is 2.51. The molecular weight excluding hydrogens is 182 g/mol. The molecular formula is C10H15NO3. The Balaban J connectivity index is 2.63. The van der Waals surface area contributed by atoms with Crippen molar-refractivity contribution in [3.63, 3.8) is 0 Å². The normalized spacial score (nSPS) is 11.1. The maximum absolute atomic E-state index is 11.5. The van der Waals surface area contributed by atoms with E-state index in [4.69, 9.17) is 9.15 Å². The van der Waals surface area contributed by atoms with Crippen LogP contribution in [0.25, 0.3) is 0 Å². The Morgan fingerprint density at radius 3 is 2.57 bits per heavy atom. The Bertz CT molecular complexity index is 298. The number of furan rings is 1. The molecule has 0 aliphatic heterocycles. The third kappa shape index (κ3) is 2.80. The lowest BCUT2D eigenvalue weighted by Crippen LogP contribution is -2.33. The summed E-state index contributed by atoms with van der Waals surface area (Å²) in [4.78, 5) is 12.8. The molecule has 0 saturated carbocycles. The molecule has 4 heteroatoms. The average molecular weight is 197 g/mol. The molecule has 0 spiro atoms. The van der Waals surface area contributed by atoms with Gasteiger partial charge in [0.2, 0.25) is 5.88 Å². The molecule has 4 nitrogen and oxygen atoms in total. The van der Waals surface area contributed by atoms with Crippen LogP contribution >= 0.6 is 0 Å². The first-order valence-electron chi connectivity index (χ1n) is 4.40. The molecule has 0 unspecified atom stereocenters. The molecule has 0 N–H and O–H groups in total. The molecule has 0 aliphatic rings. The van der Waals surface area contributed by atoms with E-state index in [1.165, 1.54) is 11.2 Å².